The van der Waals surface area contributed by atoms with Crippen LogP contribution in [-0.2, 0) is 6.42 Å². The molecule has 0 heterocycles. The monoisotopic (exact) mass is 301 g/mol. The first kappa shape index (κ1) is 14.1. The number of hydrogen-bond donors (Lipinski definition) is 1. The van der Waals surface area contributed by atoms with Gasteiger partial charge in [0.2, 0.25) is 6.54 Å². The summed E-state index contributed by atoms with van der Waals surface area (Å²) in [5.74, 6) is 0. The van der Waals surface area contributed by atoms with E-state index in [1.54, 1.807) is 0 Å². The molecule has 1 N–H and O–H groups in total. The summed E-state index contributed by atoms with van der Waals surface area (Å²) in [7, 11) is 0. The van der Waals surface area contributed by atoms with Crippen molar-refractivity contribution in [3.05, 3.63) is 44.4 Å². The van der Waals surface area contributed by atoms with E-state index in [4.69, 9.17) is 5.11 Å². The van der Waals surface area contributed by atoms with Crippen LogP contribution in [0.3, 0.4) is 0 Å². The second-order valence-corrected chi connectivity index (χ2v) is 5.49. The molecule has 0 aliphatic heterocycles. The number of halogens is 1. The summed E-state index contributed by atoms with van der Waals surface area (Å²) in [5, 5.41) is 19.7. The normalized spacial score (nSPS) is 14.3. The second-order valence-electron chi connectivity index (χ2n) is 4.58. The Morgan fingerprint density at radius 2 is 2.00 bits per heavy atom. The standard InChI is InChI=1S/C12H16BrNO3/c1-12(6-7-15,9-14(16)17)8-10-2-4-11(13)5-3-10/h2-5,15H,6-9H2,1H3/t12-/m0/s1. The number of hydrogen-bond acceptors (Lipinski definition) is 3. The molecule has 0 aliphatic rings. The van der Waals surface area contributed by atoms with Gasteiger partial charge in [0.25, 0.3) is 0 Å². The van der Waals surface area contributed by atoms with E-state index in [1.165, 1.54) is 0 Å². The van der Waals surface area contributed by atoms with Gasteiger partial charge >= 0.3 is 0 Å². The number of aliphatic hydroxyl groups excluding tert-OH is 1. The van der Waals surface area contributed by atoms with Gasteiger partial charge in [-0.2, -0.15) is 0 Å². The topological polar surface area (TPSA) is 63.4 Å². The molecule has 0 aromatic heterocycles. The van der Waals surface area contributed by atoms with E-state index in [9.17, 15) is 10.1 Å². The highest BCUT2D eigenvalue weighted by Crippen LogP contribution is 2.27. The Morgan fingerprint density at radius 1 is 1.41 bits per heavy atom. The molecule has 0 fully saturated rings. The van der Waals surface area contributed by atoms with Crippen LogP contribution >= 0.6 is 15.9 Å². The highest BCUT2D eigenvalue weighted by molar-refractivity contribution is 9.10. The third-order valence-corrected chi connectivity index (χ3v) is 3.30. The van der Waals surface area contributed by atoms with Crippen molar-refractivity contribution in [3.63, 3.8) is 0 Å². The Labute approximate surface area is 109 Å². The molecule has 1 aromatic rings. The summed E-state index contributed by atoms with van der Waals surface area (Å²) in [6.45, 7) is 1.69. The lowest BCUT2D eigenvalue weighted by Gasteiger charge is -2.24. The quantitative estimate of drug-likeness (QED) is 0.649. The molecule has 4 nitrogen and oxygen atoms in total. The Morgan fingerprint density at radius 3 is 2.47 bits per heavy atom. The molecule has 0 spiro atoms. The van der Waals surface area contributed by atoms with Crippen LogP contribution in [0.4, 0.5) is 0 Å². The zero-order valence-electron chi connectivity index (χ0n) is 9.73. The van der Waals surface area contributed by atoms with Crippen molar-refractivity contribution in [3.8, 4) is 0 Å². The Bertz CT molecular complexity index is 380. The fourth-order valence-corrected chi connectivity index (χ4v) is 2.16. The molecular formula is C12H16BrNO3. The van der Waals surface area contributed by atoms with Gasteiger partial charge in [-0.25, -0.2) is 0 Å². The molecule has 94 valence electrons. The predicted octanol–water partition coefficient (Wildman–Crippen LogP) is 2.66. The molecule has 0 unspecified atom stereocenters. The van der Waals surface area contributed by atoms with E-state index in [2.05, 4.69) is 15.9 Å². The molecule has 0 amide bonds. The van der Waals surface area contributed by atoms with Crippen molar-refractivity contribution in [1.82, 2.24) is 0 Å². The van der Waals surface area contributed by atoms with Crippen LogP contribution in [0.5, 0.6) is 0 Å². The lowest BCUT2D eigenvalue weighted by Crippen LogP contribution is -2.30. The lowest BCUT2D eigenvalue weighted by molar-refractivity contribution is -0.497. The summed E-state index contributed by atoms with van der Waals surface area (Å²) in [5.41, 5.74) is 0.553. The summed E-state index contributed by atoms with van der Waals surface area (Å²) in [6, 6.07) is 7.72. The van der Waals surface area contributed by atoms with E-state index >= 15 is 0 Å². The number of aliphatic hydroxyl groups is 1. The third-order valence-electron chi connectivity index (χ3n) is 2.77. The smallest absolute Gasteiger partial charge is 0.209 e. The van der Waals surface area contributed by atoms with E-state index < -0.39 is 5.41 Å². The number of nitro groups is 1. The average Bonchev–Trinajstić information content (AvgIpc) is 2.20. The second kappa shape index (κ2) is 6.12. The van der Waals surface area contributed by atoms with E-state index in [0.29, 0.717) is 12.8 Å². The van der Waals surface area contributed by atoms with Crippen LogP contribution < -0.4 is 0 Å². The summed E-state index contributed by atoms with van der Waals surface area (Å²) in [6.07, 6.45) is 1.03. The van der Waals surface area contributed by atoms with Crippen molar-refractivity contribution in [2.75, 3.05) is 13.2 Å². The molecular weight excluding hydrogens is 286 g/mol. The van der Waals surface area contributed by atoms with E-state index in [0.717, 1.165) is 10.0 Å². The fourth-order valence-electron chi connectivity index (χ4n) is 1.90. The first-order valence-corrected chi connectivity index (χ1v) is 6.22. The van der Waals surface area contributed by atoms with Gasteiger partial charge in [0.15, 0.2) is 0 Å². The van der Waals surface area contributed by atoms with Crippen molar-refractivity contribution in [2.45, 2.75) is 19.8 Å². The van der Waals surface area contributed by atoms with Gasteiger partial charge in [-0.15, -0.1) is 0 Å². The van der Waals surface area contributed by atoms with Crippen LogP contribution in [0.25, 0.3) is 0 Å². The summed E-state index contributed by atoms with van der Waals surface area (Å²) < 4.78 is 0.986. The number of benzene rings is 1. The molecule has 17 heavy (non-hydrogen) atoms. The number of rotatable bonds is 6. The SMILES string of the molecule is C[C@](CCO)(Cc1ccc(Br)cc1)C[N+](=O)[O-]. The Kier molecular flexibility index (Phi) is 5.08. The van der Waals surface area contributed by atoms with Crippen molar-refractivity contribution in [2.24, 2.45) is 5.41 Å². The van der Waals surface area contributed by atoms with Crippen molar-refractivity contribution in [1.29, 1.82) is 0 Å². The fraction of sp³-hybridized carbons (Fsp3) is 0.500. The first-order valence-electron chi connectivity index (χ1n) is 5.42. The van der Waals surface area contributed by atoms with Crippen LogP contribution in [0.15, 0.2) is 28.7 Å². The van der Waals surface area contributed by atoms with Gasteiger partial charge < -0.3 is 5.11 Å². The van der Waals surface area contributed by atoms with Gasteiger partial charge in [-0.3, -0.25) is 10.1 Å². The van der Waals surface area contributed by atoms with Gasteiger partial charge in [-0.1, -0.05) is 35.0 Å². The van der Waals surface area contributed by atoms with Gasteiger partial charge in [-0.05, 0) is 30.5 Å². The molecule has 0 saturated heterocycles. The van der Waals surface area contributed by atoms with Crippen molar-refractivity contribution >= 4 is 15.9 Å². The Balaban J connectivity index is 2.78. The average molecular weight is 302 g/mol. The molecule has 1 rings (SSSR count). The first-order chi connectivity index (χ1) is 7.95. The lowest BCUT2D eigenvalue weighted by atomic mass is 9.81. The molecule has 5 heteroatoms. The maximum atomic E-state index is 10.7. The highest BCUT2D eigenvalue weighted by atomic mass is 79.9. The van der Waals surface area contributed by atoms with Gasteiger partial charge in [0.05, 0.1) is 0 Å². The van der Waals surface area contributed by atoms with Crippen LogP contribution in [0, 0.1) is 15.5 Å². The maximum absolute atomic E-state index is 10.7. The summed E-state index contributed by atoms with van der Waals surface area (Å²) in [4.78, 5) is 10.3. The molecule has 0 bridgehead atoms. The minimum atomic E-state index is -0.494. The van der Waals surface area contributed by atoms with E-state index in [1.807, 2.05) is 31.2 Å². The third kappa shape index (κ3) is 4.83. The number of nitrogens with zero attached hydrogens (tertiary/aromatic N) is 1. The molecule has 0 saturated carbocycles. The van der Waals surface area contributed by atoms with Crippen LogP contribution in [-0.4, -0.2) is 23.2 Å². The molecule has 1 aromatic carbocycles. The van der Waals surface area contributed by atoms with Crippen molar-refractivity contribution < 1.29 is 10.0 Å². The van der Waals surface area contributed by atoms with E-state index in [-0.39, 0.29) is 18.1 Å². The minimum absolute atomic E-state index is 0.0269. The summed E-state index contributed by atoms with van der Waals surface area (Å²) >= 11 is 3.35. The van der Waals surface area contributed by atoms with Gasteiger partial charge in [0, 0.05) is 21.4 Å². The molecule has 0 aliphatic carbocycles. The predicted molar refractivity (Wildman–Crippen MR) is 69.5 cm³/mol. The van der Waals surface area contributed by atoms with Crippen LogP contribution in [0.2, 0.25) is 0 Å². The molecule has 1 atom stereocenters. The maximum Gasteiger partial charge on any atom is 0.209 e. The minimum Gasteiger partial charge on any atom is -0.396 e. The largest absolute Gasteiger partial charge is 0.396 e. The zero-order chi connectivity index (χ0) is 12.9. The van der Waals surface area contributed by atoms with Gasteiger partial charge in [0.1, 0.15) is 0 Å². The van der Waals surface area contributed by atoms with Crippen LogP contribution in [0.1, 0.15) is 18.9 Å². The molecule has 0 radical (unpaired) electrons. The Hall–Kier alpha value is -0.940. The zero-order valence-corrected chi connectivity index (χ0v) is 11.3. The highest BCUT2D eigenvalue weighted by Gasteiger charge is 2.30.